The lowest BCUT2D eigenvalue weighted by Gasteiger charge is -2.46. The SMILES string of the molecule is c1ccc(-c2cc3c(c(-c4ccccc4)c2)N(c2ccc(-c4ccccc4)c(-c4ccccc4)c2)c2cc(-c4ccccc4)cc4c2B3c2cc(-c3ccccc3)cc(-c3ccccc3)c2N4c2ccc(-c3ccccc3)c(-c3ccccc3)c2)cc1. The van der Waals surface area contributed by atoms with Gasteiger partial charge in [-0.1, -0.05) is 297 Å². The largest absolute Gasteiger partial charge is 0.311 e. The Kier molecular flexibility index (Phi) is 13.0. The first-order valence-electron chi connectivity index (χ1n) is 30.1. The molecule has 406 valence electrons. The molecule has 0 fully saturated rings. The van der Waals surface area contributed by atoms with Gasteiger partial charge in [-0.15, -0.1) is 0 Å². The van der Waals surface area contributed by atoms with Gasteiger partial charge in [0.2, 0.25) is 0 Å². The standard InChI is InChI=1S/C84H57BN2/c1-10-28-58(29-11-1)67-50-76(65-42-24-8-25-43-65)83-78(52-67)85-79-53-68(59-30-12-2-13-31-59)51-77(66-44-26-9-27-45-66)84(79)87(71-47-49-73(62-36-18-5-19-37-62)75(57-71)64-40-22-7-23-41-64)81-55-69(60-32-14-3-15-33-60)54-80(82(81)85)86(83)70-46-48-72(61-34-16-4-17-35-61)74(56-70)63-38-20-6-21-39-63/h1-57H. The van der Waals surface area contributed by atoms with Gasteiger partial charge in [-0.05, 0) is 154 Å². The molecule has 14 aromatic carbocycles. The van der Waals surface area contributed by atoms with Crippen LogP contribution in [0.5, 0.6) is 0 Å². The first kappa shape index (κ1) is 51.4. The predicted molar refractivity (Wildman–Crippen MR) is 369 cm³/mol. The van der Waals surface area contributed by atoms with Gasteiger partial charge in [0, 0.05) is 45.3 Å². The monoisotopic (exact) mass is 1100 g/mol. The van der Waals surface area contributed by atoms with Crippen molar-refractivity contribution < 1.29 is 0 Å². The summed E-state index contributed by atoms with van der Waals surface area (Å²) in [5, 5.41) is 0. The Hall–Kier alpha value is -11.3. The first-order valence-corrected chi connectivity index (χ1v) is 30.1. The molecule has 0 aliphatic carbocycles. The van der Waals surface area contributed by atoms with Crippen LogP contribution >= 0.6 is 0 Å². The van der Waals surface area contributed by atoms with E-state index < -0.39 is 0 Å². The van der Waals surface area contributed by atoms with E-state index in [4.69, 9.17) is 0 Å². The van der Waals surface area contributed by atoms with Gasteiger partial charge in [0.15, 0.2) is 0 Å². The summed E-state index contributed by atoms with van der Waals surface area (Å²) in [5.74, 6) is 0. The van der Waals surface area contributed by atoms with Gasteiger partial charge in [0.1, 0.15) is 0 Å². The highest BCUT2D eigenvalue weighted by atomic mass is 15.2. The lowest BCUT2D eigenvalue weighted by molar-refractivity contribution is 1.25. The van der Waals surface area contributed by atoms with Crippen molar-refractivity contribution in [3.63, 3.8) is 0 Å². The molecule has 87 heavy (non-hydrogen) atoms. The Balaban J connectivity index is 1.09. The van der Waals surface area contributed by atoms with Crippen LogP contribution in [-0.4, -0.2) is 6.71 Å². The van der Waals surface area contributed by atoms with E-state index in [0.717, 1.165) is 89.8 Å². The first-order chi connectivity index (χ1) is 43.2. The maximum absolute atomic E-state index is 2.63. The van der Waals surface area contributed by atoms with Crippen molar-refractivity contribution in [1.29, 1.82) is 0 Å². The van der Waals surface area contributed by atoms with Crippen LogP contribution < -0.4 is 26.2 Å². The highest BCUT2D eigenvalue weighted by Gasteiger charge is 2.46. The van der Waals surface area contributed by atoms with Gasteiger partial charge in [-0.3, -0.25) is 0 Å². The van der Waals surface area contributed by atoms with Gasteiger partial charge in [-0.25, -0.2) is 0 Å². The fraction of sp³-hybridized carbons (Fsp3) is 0. The Labute approximate surface area is 510 Å². The molecular weight excluding hydrogens is 1050 g/mol. The molecule has 2 heterocycles. The molecule has 0 spiro atoms. The van der Waals surface area contributed by atoms with Crippen LogP contribution in [0.2, 0.25) is 0 Å². The normalized spacial score (nSPS) is 12.1. The Morgan fingerprint density at radius 1 is 0.184 bits per heavy atom. The number of benzene rings is 14. The molecule has 14 aromatic rings. The average Bonchev–Trinajstić information content (AvgIpc) is 0.731. The van der Waals surface area contributed by atoms with Crippen molar-refractivity contribution in [2.45, 2.75) is 0 Å². The molecule has 2 aliphatic rings. The Morgan fingerprint density at radius 3 is 0.736 bits per heavy atom. The second kappa shape index (κ2) is 22.1. The van der Waals surface area contributed by atoms with Crippen LogP contribution in [0.4, 0.5) is 34.1 Å². The zero-order valence-corrected chi connectivity index (χ0v) is 47.9. The quantitative estimate of drug-likeness (QED) is 0.119. The van der Waals surface area contributed by atoms with Crippen LogP contribution in [0.25, 0.3) is 100 Å². The number of hydrogen-bond donors (Lipinski definition) is 0. The average molecular weight is 1110 g/mol. The highest BCUT2D eigenvalue weighted by molar-refractivity contribution is 7.00. The van der Waals surface area contributed by atoms with E-state index in [9.17, 15) is 0 Å². The molecule has 0 N–H and O–H groups in total. The lowest BCUT2D eigenvalue weighted by atomic mass is 9.32. The van der Waals surface area contributed by atoms with Crippen molar-refractivity contribution in [2.75, 3.05) is 9.80 Å². The van der Waals surface area contributed by atoms with Crippen molar-refractivity contribution in [1.82, 2.24) is 0 Å². The third-order valence-electron chi connectivity index (χ3n) is 17.6. The highest BCUT2D eigenvalue weighted by Crippen LogP contribution is 2.53. The van der Waals surface area contributed by atoms with E-state index in [2.05, 4.69) is 356 Å². The Morgan fingerprint density at radius 2 is 0.437 bits per heavy atom. The van der Waals surface area contributed by atoms with Crippen LogP contribution in [-0.2, 0) is 0 Å². The molecule has 2 aliphatic heterocycles. The second-order valence-electron chi connectivity index (χ2n) is 22.7. The fourth-order valence-corrected chi connectivity index (χ4v) is 13.7. The van der Waals surface area contributed by atoms with Crippen LogP contribution in [0.1, 0.15) is 0 Å². The summed E-state index contributed by atoms with van der Waals surface area (Å²) < 4.78 is 0. The molecule has 0 radical (unpaired) electrons. The van der Waals surface area contributed by atoms with Gasteiger partial charge >= 0.3 is 0 Å². The van der Waals surface area contributed by atoms with E-state index in [-0.39, 0.29) is 6.71 Å². The van der Waals surface area contributed by atoms with Gasteiger partial charge in [0.05, 0.1) is 0 Å². The summed E-state index contributed by atoms with van der Waals surface area (Å²) in [4.78, 5) is 5.26. The van der Waals surface area contributed by atoms with Gasteiger partial charge < -0.3 is 9.80 Å². The maximum Gasteiger partial charge on any atom is 0.252 e. The van der Waals surface area contributed by atoms with E-state index in [1.807, 2.05) is 0 Å². The summed E-state index contributed by atoms with van der Waals surface area (Å²) in [6, 6.07) is 128. The minimum atomic E-state index is -0.246. The maximum atomic E-state index is 2.63. The summed E-state index contributed by atoms with van der Waals surface area (Å²) in [6.07, 6.45) is 0. The van der Waals surface area contributed by atoms with Crippen molar-refractivity contribution in [2.24, 2.45) is 0 Å². The number of hydrogen-bond acceptors (Lipinski definition) is 2. The molecule has 3 heteroatoms. The fourth-order valence-electron chi connectivity index (χ4n) is 13.7. The van der Waals surface area contributed by atoms with Crippen LogP contribution in [0, 0.1) is 0 Å². The van der Waals surface area contributed by atoms with E-state index in [0.29, 0.717) is 0 Å². The van der Waals surface area contributed by atoms with Crippen molar-refractivity contribution >= 4 is 57.2 Å². The van der Waals surface area contributed by atoms with Crippen LogP contribution in [0.15, 0.2) is 346 Å². The van der Waals surface area contributed by atoms with Gasteiger partial charge in [-0.2, -0.15) is 0 Å². The number of fused-ring (bicyclic) bond motifs is 4. The minimum Gasteiger partial charge on any atom is -0.311 e. The minimum absolute atomic E-state index is 0.246. The summed E-state index contributed by atoms with van der Waals surface area (Å²) in [5.41, 5.74) is 31.3. The molecule has 0 saturated heterocycles. The van der Waals surface area contributed by atoms with Crippen LogP contribution in [0.3, 0.4) is 0 Å². The molecule has 0 amide bonds. The number of anilines is 6. The topological polar surface area (TPSA) is 6.48 Å². The summed E-state index contributed by atoms with van der Waals surface area (Å²) in [7, 11) is 0. The summed E-state index contributed by atoms with van der Waals surface area (Å²) >= 11 is 0. The lowest BCUT2D eigenvalue weighted by Crippen LogP contribution is -2.61. The predicted octanol–water partition coefficient (Wildman–Crippen LogP) is 20.8. The Bertz CT molecular complexity index is 4520. The van der Waals surface area contributed by atoms with E-state index in [1.54, 1.807) is 0 Å². The number of nitrogens with zero attached hydrogens (tertiary/aromatic N) is 2. The zero-order chi connectivity index (χ0) is 57.6. The summed E-state index contributed by atoms with van der Waals surface area (Å²) in [6.45, 7) is -0.246. The molecular formula is C84H57BN2. The zero-order valence-electron chi connectivity index (χ0n) is 47.9. The van der Waals surface area contributed by atoms with Gasteiger partial charge in [0.25, 0.3) is 6.71 Å². The molecule has 0 atom stereocenters. The molecule has 0 aromatic heterocycles. The van der Waals surface area contributed by atoms with Crippen molar-refractivity contribution in [3.8, 4) is 100 Å². The molecule has 2 nitrogen and oxygen atoms in total. The third-order valence-corrected chi connectivity index (χ3v) is 17.6. The van der Waals surface area contributed by atoms with E-state index >= 15 is 0 Å². The number of rotatable bonds is 11. The molecule has 0 unspecified atom stereocenters. The molecule has 0 bridgehead atoms. The molecule has 0 saturated carbocycles. The van der Waals surface area contributed by atoms with Crippen molar-refractivity contribution in [3.05, 3.63) is 346 Å². The molecule has 16 rings (SSSR count). The smallest absolute Gasteiger partial charge is 0.252 e. The second-order valence-corrected chi connectivity index (χ2v) is 22.7. The third kappa shape index (κ3) is 9.25. The van der Waals surface area contributed by atoms with E-state index in [1.165, 1.54) is 60.9 Å².